The Hall–Kier alpha value is -2.87. The second kappa shape index (κ2) is 11.7. The van der Waals surface area contributed by atoms with Crippen LogP contribution < -0.4 is 11.0 Å². The van der Waals surface area contributed by atoms with Crippen LogP contribution in [0, 0.1) is 0 Å². The van der Waals surface area contributed by atoms with Gasteiger partial charge in [-0.1, -0.05) is 90.0 Å². The number of fused-ring (bicyclic) bond motifs is 1. The van der Waals surface area contributed by atoms with E-state index in [1.54, 1.807) is 17.8 Å². The zero-order valence-electron chi connectivity index (χ0n) is 21.6. The normalized spacial score (nSPS) is 15.7. The van der Waals surface area contributed by atoms with Crippen molar-refractivity contribution in [1.82, 2.24) is 14.5 Å². The fraction of sp³-hybridized carbons (Fsp3) is 0.333. The van der Waals surface area contributed by atoms with E-state index in [9.17, 15) is 4.79 Å². The van der Waals surface area contributed by atoms with E-state index in [1.807, 2.05) is 34.9 Å². The van der Waals surface area contributed by atoms with Crippen molar-refractivity contribution in [2.75, 3.05) is 39.8 Å². The smallest absolute Gasteiger partial charge is 0.262 e. The Kier molecular flexibility index (Phi) is 8.13. The van der Waals surface area contributed by atoms with Gasteiger partial charge in [0.15, 0.2) is 5.16 Å². The van der Waals surface area contributed by atoms with Gasteiger partial charge in [-0.2, -0.15) is 0 Å². The molecule has 0 saturated carbocycles. The van der Waals surface area contributed by atoms with Crippen molar-refractivity contribution < 1.29 is 4.48 Å². The Labute approximate surface area is 225 Å². The van der Waals surface area contributed by atoms with Crippen molar-refractivity contribution in [3.63, 3.8) is 0 Å². The second-order valence-electron chi connectivity index (χ2n) is 10.3. The molecule has 0 N–H and O–H groups in total. The van der Waals surface area contributed by atoms with E-state index in [2.05, 4.69) is 54.4 Å². The van der Waals surface area contributed by atoms with Gasteiger partial charge in [0.2, 0.25) is 0 Å². The Morgan fingerprint density at radius 2 is 1.59 bits per heavy atom. The number of quaternary nitrogens is 1. The molecule has 0 aliphatic carbocycles. The molecule has 0 spiro atoms. The number of aromatic nitrogens is 2. The van der Waals surface area contributed by atoms with Gasteiger partial charge in [0.1, 0.15) is 14.4 Å². The van der Waals surface area contributed by atoms with Gasteiger partial charge in [0.25, 0.3) is 5.56 Å². The first-order valence-electron chi connectivity index (χ1n) is 13.1. The van der Waals surface area contributed by atoms with Crippen LogP contribution in [0.4, 0.5) is 0 Å². The summed E-state index contributed by atoms with van der Waals surface area (Å²) in [4.78, 5) is 20.9. The molecule has 1 aliphatic rings. The summed E-state index contributed by atoms with van der Waals surface area (Å²) in [5.41, 5.74) is 3.92. The molecule has 37 heavy (non-hydrogen) atoms. The number of likely N-dealkylation sites (N-methyl/N-ethyl adjacent to an activating group) is 1. The predicted octanol–water partition coefficient (Wildman–Crippen LogP) is 3.84. The SMILES string of the molecule is [B]c1ccc2nc(SCc3ccccc3)n(CCCN3CC[N+](C)(Cc4ccccc4)CC3)c(=O)c2c1. The van der Waals surface area contributed by atoms with E-state index in [1.165, 1.54) is 11.1 Å². The Morgan fingerprint density at radius 3 is 2.30 bits per heavy atom. The zero-order chi connectivity index (χ0) is 25.7. The standard InChI is InChI=1S/C30H34BN4OS/c1-35(22-24-9-4-2-5-10-24)19-17-33(18-20-35)15-8-16-34-29(36)27-21-26(31)13-14-28(27)32-30(34)37-23-25-11-6-3-7-12-25/h2-7,9-14,21H,8,15-20,22-23H2,1H3/q+1. The average molecular weight is 510 g/mol. The molecule has 5 nitrogen and oxygen atoms in total. The second-order valence-corrected chi connectivity index (χ2v) is 11.3. The highest BCUT2D eigenvalue weighted by Gasteiger charge is 2.28. The molecule has 2 heterocycles. The molecular weight excluding hydrogens is 475 g/mol. The molecule has 1 saturated heterocycles. The van der Waals surface area contributed by atoms with Crippen molar-refractivity contribution >= 4 is 36.0 Å². The highest BCUT2D eigenvalue weighted by atomic mass is 32.2. The van der Waals surface area contributed by atoms with Crippen LogP contribution in [0.1, 0.15) is 17.5 Å². The minimum Gasteiger partial charge on any atom is -0.320 e. The van der Waals surface area contributed by atoms with Gasteiger partial charge in [0, 0.05) is 37.5 Å². The van der Waals surface area contributed by atoms with Gasteiger partial charge < -0.3 is 4.48 Å². The number of hydrogen-bond donors (Lipinski definition) is 0. The average Bonchev–Trinajstić information content (AvgIpc) is 2.91. The number of rotatable bonds is 9. The van der Waals surface area contributed by atoms with Crippen LogP contribution in [0.5, 0.6) is 0 Å². The van der Waals surface area contributed by atoms with Crippen molar-refractivity contribution in [2.45, 2.75) is 30.4 Å². The molecule has 0 unspecified atom stereocenters. The first-order valence-corrected chi connectivity index (χ1v) is 14.0. The molecule has 4 aromatic rings. The van der Waals surface area contributed by atoms with E-state index >= 15 is 0 Å². The summed E-state index contributed by atoms with van der Waals surface area (Å²) in [7, 11) is 8.36. The topological polar surface area (TPSA) is 38.1 Å². The molecular formula is C30H34BN4OS+. The lowest BCUT2D eigenvalue weighted by atomic mass is 9.95. The molecule has 7 heteroatoms. The van der Waals surface area contributed by atoms with Crippen LogP contribution in [-0.2, 0) is 18.8 Å². The van der Waals surface area contributed by atoms with Gasteiger partial charge in [-0.25, -0.2) is 4.98 Å². The third kappa shape index (κ3) is 6.53. The van der Waals surface area contributed by atoms with Crippen LogP contribution >= 0.6 is 11.8 Å². The Balaban J connectivity index is 1.24. The fourth-order valence-electron chi connectivity index (χ4n) is 5.10. The van der Waals surface area contributed by atoms with Gasteiger partial charge in [0.05, 0.1) is 31.0 Å². The van der Waals surface area contributed by atoms with Crippen LogP contribution in [0.15, 0.2) is 88.8 Å². The first-order chi connectivity index (χ1) is 18.0. The van der Waals surface area contributed by atoms with Gasteiger partial charge in [-0.05, 0) is 18.1 Å². The number of benzene rings is 3. The summed E-state index contributed by atoms with van der Waals surface area (Å²) < 4.78 is 2.94. The lowest BCUT2D eigenvalue weighted by Gasteiger charge is -2.42. The molecule has 0 bridgehead atoms. The minimum absolute atomic E-state index is 0.00129. The van der Waals surface area contributed by atoms with Crippen molar-refractivity contribution in [3.05, 3.63) is 100 Å². The number of piperazine rings is 1. The third-order valence-corrected chi connectivity index (χ3v) is 8.38. The van der Waals surface area contributed by atoms with Crippen LogP contribution in [-0.4, -0.2) is 66.6 Å². The molecule has 3 aromatic carbocycles. The van der Waals surface area contributed by atoms with Crippen LogP contribution in [0.2, 0.25) is 0 Å². The summed E-state index contributed by atoms with van der Waals surface area (Å²) in [6, 6.07) is 26.5. The molecule has 1 fully saturated rings. The zero-order valence-corrected chi connectivity index (χ0v) is 22.4. The van der Waals surface area contributed by atoms with E-state index < -0.39 is 0 Å². The summed E-state index contributed by atoms with van der Waals surface area (Å²) in [6.07, 6.45) is 0.913. The molecule has 1 aromatic heterocycles. The molecule has 5 rings (SSSR count). The molecule has 188 valence electrons. The number of thioether (sulfide) groups is 1. The molecule has 2 radical (unpaired) electrons. The van der Waals surface area contributed by atoms with Crippen LogP contribution in [0.25, 0.3) is 10.9 Å². The lowest BCUT2D eigenvalue weighted by molar-refractivity contribution is -0.926. The Morgan fingerprint density at radius 1 is 0.919 bits per heavy atom. The van der Waals surface area contributed by atoms with Crippen molar-refractivity contribution in [1.29, 1.82) is 0 Å². The molecule has 1 aliphatic heterocycles. The quantitative estimate of drug-likeness (QED) is 0.149. The summed E-state index contributed by atoms with van der Waals surface area (Å²) >= 11 is 1.62. The third-order valence-electron chi connectivity index (χ3n) is 7.33. The van der Waals surface area contributed by atoms with E-state index in [0.717, 1.165) is 61.1 Å². The highest BCUT2D eigenvalue weighted by Crippen LogP contribution is 2.22. The fourth-order valence-corrected chi connectivity index (χ4v) is 6.08. The van der Waals surface area contributed by atoms with Crippen molar-refractivity contribution in [2.24, 2.45) is 0 Å². The molecule has 0 amide bonds. The maximum atomic E-state index is 13.5. The van der Waals surface area contributed by atoms with Gasteiger partial charge in [-0.3, -0.25) is 14.3 Å². The lowest BCUT2D eigenvalue weighted by Crippen LogP contribution is -2.56. The largest absolute Gasteiger partial charge is 0.320 e. The van der Waals surface area contributed by atoms with E-state index in [-0.39, 0.29) is 5.56 Å². The van der Waals surface area contributed by atoms with Gasteiger partial charge >= 0.3 is 0 Å². The highest BCUT2D eigenvalue weighted by molar-refractivity contribution is 7.98. The number of nitrogens with zero attached hydrogens (tertiary/aromatic N) is 4. The molecule has 0 atom stereocenters. The minimum atomic E-state index is -0.00129. The number of hydrogen-bond acceptors (Lipinski definition) is 4. The monoisotopic (exact) mass is 509 g/mol. The predicted molar refractivity (Wildman–Crippen MR) is 155 cm³/mol. The van der Waals surface area contributed by atoms with Crippen LogP contribution in [0.3, 0.4) is 0 Å². The van der Waals surface area contributed by atoms with E-state index in [0.29, 0.717) is 22.9 Å². The maximum absolute atomic E-state index is 13.5. The summed E-state index contributed by atoms with van der Waals surface area (Å²) in [6.45, 7) is 7.17. The Bertz CT molecular complexity index is 1390. The van der Waals surface area contributed by atoms with Crippen molar-refractivity contribution in [3.8, 4) is 0 Å². The summed E-state index contributed by atoms with van der Waals surface area (Å²) in [5, 5.41) is 1.37. The van der Waals surface area contributed by atoms with E-state index in [4.69, 9.17) is 12.8 Å². The van der Waals surface area contributed by atoms with Gasteiger partial charge in [-0.15, -0.1) is 0 Å². The first kappa shape index (κ1) is 25.8. The summed E-state index contributed by atoms with van der Waals surface area (Å²) in [5.74, 6) is 0.776. The maximum Gasteiger partial charge on any atom is 0.262 e.